The lowest BCUT2D eigenvalue weighted by Gasteiger charge is -2.18. The van der Waals surface area contributed by atoms with Gasteiger partial charge in [-0.25, -0.2) is 4.79 Å². The lowest BCUT2D eigenvalue weighted by atomic mass is 10.0. The van der Waals surface area contributed by atoms with Gasteiger partial charge in [0.15, 0.2) is 0 Å². The van der Waals surface area contributed by atoms with Crippen molar-refractivity contribution in [1.29, 1.82) is 0 Å². The molecule has 142 valence electrons. The normalized spacial score (nSPS) is 12.5. The van der Waals surface area contributed by atoms with E-state index in [1.807, 2.05) is 13.8 Å². The Balaban J connectivity index is 2.23. The molecule has 3 N–H and O–H groups in total. The molecule has 2 amide bonds. The molecule has 1 atom stereocenters. The highest BCUT2D eigenvalue weighted by Crippen LogP contribution is 2.10. The molecule has 0 radical (unpaired) electrons. The summed E-state index contributed by atoms with van der Waals surface area (Å²) >= 11 is 0. The number of carboxylic acids is 1. The minimum absolute atomic E-state index is 0.0720. The SMILES string of the molecule is CC(C)CC(NC(=O)/C(=C/c1ccco1)NC(=O)c1ccccc1)C(=O)O. The third-order valence-electron chi connectivity index (χ3n) is 3.67. The second kappa shape index (κ2) is 9.38. The topological polar surface area (TPSA) is 109 Å². The van der Waals surface area contributed by atoms with Crippen molar-refractivity contribution in [2.24, 2.45) is 5.92 Å². The van der Waals surface area contributed by atoms with Gasteiger partial charge in [-0.3, -0.25) is 9.59 Å². The fraction of sp³-hybridized carbons (Fsp3) is 0.250. The molecule has 27 heavy (non-hydrogen) atoms. The van der Waals surface area contributed by atoms with Gasteiger partial charge in [0, 0.05) is 11.6 Å². The smallest absolute Gasteiger partial charge is 0.326 e. The van der Waals surface area contributed by atoms with Crippen molar-refractivity contribution in [2.45, 2.75) is 26.3 Å². The van der Waals surface area contributed by atoms with Crippen LogP contribution >= 0.6 is 0 Å². The van der Waals surface area contributed by atoms with Gasteiger partial charge in [0.25, 0.3) is 11.8 Å². The second-order valence-electron chi connectivity index (χ2n) is 6.39. The van der Waals surface area contributed by atoms with Gasteiger partial charge in [0.2, 0.25) is 0 Å². The predicted octanol–water partition coefficient (Wildman–Crippen LogP) is 2.67. The lowest BCUT2D eigenvalue weighted by Crippen LogP contribution is -2.45. The molecular formula is C20H22N2O5. The maximum Gasteiger partial charge on any atom is 0.326 e. The van der Waals surface area contributed by atoms with E-state index >= 15 is 0 Å². The summed E-state index contributed by atoms with van der Waals surface area (Å²) in [5.41, 5.74) is 0.265. The van der Waals surface area contributed by atoms with E-state index in [0.717, 1.165) is 0 Å². The standard InChI is InChI=1S/C20H22N2O5/c1-13(2)11-17(20(25)26)22-19(24)16(12-15-9-6-10-27-15)21-18(23)14-7-4-3-5-8-14/h3-10,12-13,17H,11H2,1-2H3,(H,21,23)(H,22,24)(H,25,26)/b16-12-. The Labute approximate surface area is 157 Å². The van der Waals surface area contributed by atoms with Crippen LogP contribution in [0.25, 0.3) is 6.08 Å². The molecule has 0 aliphatic rings. The van der Waals surface area contributed by atoms with E-state index in [1.165, 1.54) is 12.3 Å². The Morgan fingerprint density at radius 3 is 2.37 bits per heavy atom. The first-order valence-electron chi connectivity index (χ1n) is 8.52. The van der Waals surface area contributed by atoms with Crippen LogP contribution in [0.2, 0.25) is 0 Å². The maximum absolute atomic E-state index is 12.6. The van der Waals surface area contributed by atoms with Crippen LogP contribution in [0.4, 0.5) is 0 Å². The van der Waals surface area contributed by atoms with Crippen molar-refractivity contribution in [3.05, 3.63) is 65.7 Å². The van der Waals surface area contributed by atoms with E-state index in [4.69, 9.17) is 4.42 Å². The molecule has 7 nitrogen and oxygen atoms in total. The van der Waals surface area contributed by atoms with Gasteiger partial charge in [-0.2, -0.15) is 0 Å². The van der Waals surface area contributed by atoms with Crippen LogP contribution in [0.1, 0.15) is 36.4 Å². The third kappa shape index (κ3) is 6.14. The quantitative estimate of drug-likeness (QED) is 0.619. The van der Waals surface area contributed by atoms with Gasteiger partial charge in [-0.1, -0.05) is 32.0 Å². The Bertz CT molecular complexity index is 810. The number of benzene rings is 1. The number of carboxylic acid groups (broad SMARTS) is 1. The monoisotopic (exact) mass is 370 g/mol. The molecular weight excluding hydrogens is 348 g/mol. The Kier molecular flexibility index (Phi) is 6.93. The average molecular weight is 370 g/mol. The molecule has 0 saturated carbocycles. The number of furan rings is 1. The van der Waals surface area contributed by atoms with Crippen LogP contribution in [0.5, 0.6) is 0 Å². The molecule has 7 heteroatoms. The van der Waals surface area contributed by atoms with Gasteiger partial charge < -0.3 is 20.2 Å². The van der Waals surface area contributed by atoms with Crippen molar-refractivity contribution >= 4 is 23.9 Å². The van der Waals surface area contributed by atoms with Gasteiger partial charge in [-0.05, 0) is 36.6 Å². The largest absolute Gasteiger partial charge is 0.480 e. The lowest BCUT2D eigenvalue weighted by molar-refractivity contribution is -0.141. The number of carbonyl (C=O) groups excluding carboxylic acids is 2. The minimum Gasteiger partial charge on any atom is -0.480 e. The number of carbonyl (C=O) groups is 3. The van der Waals surface area contributed by atoms with Crippen LogP contribution in [0, 0.1) is 5.92 Å². The predicted molar refractivity (Wildman–Crippen MR) is 99.6 cm³/mol. The van der Waals surface area contributed by atoms with Crippen LogP contribution in [-0.4, -0.2) is 28.9 Å². The van der Waals surface area contributed by atoms with Crippen LogP contribution < -0.4 is 10.6 Å². The summed E-state index contributed by atoms with van der Waals surface area (Å²) in [5.74, 6) is -1.90. The van der Waals surface area contributed by atoms with Gasteiger partial charge in [0.05, 0.1) is 6.26 Å². The summed E-state index contributed by atoms with van der Waals surface area (Å²) in [6, 6.07) is 10.6. The number of nitrogens with one attached hydrogen (secondary N) is 2. The Morgan fingerprint density at radius 1 is 1.11 bits per heavy atom. The number of amides is 2. The van der Waals surface area contributed by atoms with Crippen molar-refractivity contribution in [2.75, 3.05) is 0 Å². The van der Waals surface area contributed by atoms with Gasteiger partial charge in [-0.15, -0.1) is 0 Å². The molecule has 2 rings (SSSR count). The first kappa shape index (κ1) is 20.0. The zero-order chi connectivity index (χ0) is 19.8. The summed E-state index contributed by atoms with van der Waals surface area (Å²) < 4.78 is 5.19. The van der Waals surface area contributed by atoms with E-state index in [1.54, 1.807) is 42.5 Å². The third-order valence-corrected chi connectivity index (χ3v) is 3.67. The first-order chi connectivity index (χ1) is 12.9. The summed E-state index contributed by atoms with van der Waals surface area (Å²) in [6.07, 6.45) is 3.05. The molecule has 0 fully saturated rings. The van der Waals surface area contributed by atoms with Crippen molar-refractivity contribution in [1.82, 2.24) is 10.6 Å². The van der Waals surface area contributed by atoms with Crippen LogP contribution in [-0.2, 0) is 9.59 Å². The number of hydrogen-bond donors (Lipinski definition) is 3. The highest BCUT2D eigenvalue weighted by atomic mass is 16.4. The second-order valence-corrected chi connectivity index (χ2v) is 6.39. The highest BCUT2D eigenvalue weighted by Gasteiger charge is 2.24. The Hall–Kier alpha value is -3.35. The van der Waals surface area contributed by atoms with Crippen molar-refractivity contribution in [3.63, 3.8) is 0 Å². The van der Waals surface area contributed by atoms with Crippen LogP contribution in [0.15, 0.2) is 58.8 Å². The molecule has 1 unspecified atom stereocenters. The van der Waals surface area contributed by atoms with E-state index in [0.29, 0.717) is 11.3 Å². The van der Waals surface area contributed by atoms with Crippen LogP contribution in [0.3, 0.4) is 0 Å². The molecule has 1 aromatic heterocycles. The summed E-state index contributed by atoms with van der Waals surface area (Å²) in [5, 5.41) is 14.3. The van der Waals surface area contributed by atoms with Gasteiger partial charge >= 0.3 is 5.97 Å². The zero-order valence-corrected chi connectivity index (χ0v) is 15.1. The molecule has 0 aliphatic heterocycles. The molecule has 1 heterocycles. The molecule has 0 aliphatic carbocycles. The zero-order valence-electron chi connectivity index (χ0n) is 15.1. The van der Waals surface area contributed by atoms with E-state index in [2.05, 4.69) is 10.6 Å². The summed E-state index contributed by atoms with van der Waals surface area (Å²) in [4.78, 5) is 36.5. The maximum atomic E-state index is 12.6. The minimum atomic E-state index is -1.14. The molecule has 0 spiro atoms. The first-order valence-corrected chi connectivity index (χ1v) is 8.52. The molecule has 2 aromatic rings. The summed E-state index contributed by atoms with van der Waals surface area (Å²) in [6.45, 7) is 3.72. The fourth-order valence-electron chi connectivity index (χ4n) is 2.39. The molecule has 0 saturated heterocycles. The van der Waals surface area contributed by atoms with E-state index in [9.17, 15) is 19.5 Å². The average Bonchev–Trinajstić information content (AvgIpc) is 3.13. The summed E-state index contributed by atoms with van der Waals surface area (Å²) in [7, 11) is 0. The number of aliphatic carboxylic acids is 1. The molecule has 0 bridgehead atoms. The Morgan fingerprint density at radius 2 is 1.81 bits per heavy atom. The van der Waals surface area contributed by atoms with Gasteiger partial charge in [0.1, 0.15) is 17.5 Å². The van der Waals surface area contributed by atoms with Crippen molar-refractivity contribution in [3.8, 4) is 0 Å². The fourth-order valence-corrected chi connectivity index (χ4v) is 2.39. The van der Waals surface area contributed by atoms with E-state index in [-0.39, 0.29) is 18.0 Å². The number of hydrogen-bond acceptors (Lipinski definition) is 4. The van der Waals surface area contributed by atoms with Crippen molar-refractivity contribution < 1.29 is 23.9 Å². The number of rotatable bonds is 8. The van der Waals surface area contributed by atoms with E-state index < -0.39 is 23.8 Å². The molecule has 1 aromatic carbocycles. The highest BCUT2D eigenvalue weighted by molar-refractivity contribution is 6.05.